The second-order valence-electron chi connectivity index (χ2n) is 5.65. The highest BCUT2D eigenvalue weighted by Gasteiger charge is 2.21. The number of rotatable bonds is 6. The molecule has 25 heavy (non-hydrogen) atoms. The first kappa shape index (κ1) is 18.8. The standard InChI is InChI=1S/C18H18N2O4.ClH/c1-11-14-7-8-15(16(18(21)22)17(14)24-20-11)23-10-13(19)9-12-5-3-2-4-6-12;/h2-8,13H,9-10,19H2,1H3,(H,21,22);1H. The van der Waals surface area contributed by atoms with Crippen molar-refractivity contribution in [3.8, 4) is 5.75 Å². The van der Waals surface area contributed by atoms with E-state index < -0.39 is 5.97 Å². The first-order chi connectivity index (χ1) is 11.6. The lowest BCUT2D eigenvalue weighted by Gasteiger charge is -2.14. The molecule has 0 aliphatic rings. The summed E-state index contributed by atoms with van der Waals surface area (Å²) in [6.45, 7) is 1.96. The van der Waals surface area contributed by atoms with Gasteiger partial charge in [0.2, 0.25) is 0 Å². The second-order valence-corrected chi connectivity index (χ2v) is 5.65. The zero-order valence-electron chi connectivity index (χ0n) is 13.6. The van der Waals surface area contributed by atoms with Crippen LogP contribution in [0.25, 0.3) is 11.0 Å². The quantitative estimate of drug-likeness (QED) is 0.698. The lowest BCUT2D eigenvalue weighted by Crippen LogP contribution is -2.30. The Bertz CT molecular complexity index is 864. The minimum absolute atomic E-state index is 0. The maximum absolute atomic E-state index is 11.6. The monoisotopic (exact) mass is 362 g/mol. The van der Waals surface area contributed by atoms with Crippen molar-refractivity contribution in [2.45, 2.75) is 19.4 Å². The number of carboxylic acid groups (broad SMARTS) is 1. The third-order valence-corrected chi connectivity index (χ3v) is 3.79. The fourth-order valence-electron chi connectivity index (χ4n) is 2.60. The highest BCUT2D eigenvalue weighted by Crippen LogP contribution is 2.30. The van der Waals surface area contributed by atoms with Crippen LogP contribution in [0.1, 0.15) is 21.6 Å². The number of fused-ring (bicyclic) bond motifs is 1. The molecule has 1 heterocycles. The molecule has 0 aliphatic heterocycles. The molecule has 3 aromatic rings. The number of hydrogen-bond donors (Lipinski definition) is 2. The number of aryl methyl sites for hydroxylation is 1. The number of halogens is 1. The Kier molecular flexibility index (Phi) is 6.01. The topological polar surface area (TPSA) is 98.6 Å². The van der Waals surface area contributed by atoms with Gasteiger partial charge in [0, 0.05) is 11.4 Å². The van der Waals surface area contributed by atoms with Crippen LogP contribution >= 0.6 is 12.4 Å². The molecule has 0 radical (unpaired) electrons. The molecular formula is C18H19ClN2O4. The smallest absolute Gasteiger partial charge is 0.343 e. The molecule has 7 heteroatoms. The summed E-state index contributed by atoms with van der Waals surface area (Å²) in [5, 5.41) is 13.9. The van der Waals surface area contributed by atoms with Gasteiger partial charge in [-0.3, -0.25) is 0 Å². The number of aromatic carboxylic acids is 1. The molecule has 6 nitrogen and oxygen atoms in total. The zero-order chi connectivity index (χ0) is 17.1. The molecule has 3 N–H and O–H groups in total. The van der Waals surface area contributed by atoms with E-state index in [2.05, 4.69) is 5.16 Å². The summed E-state index contributed by atoms with van der Waals surface area (Å²) in [6, 6.07) is 12.9. The lowest BCUT2D eigenvalue weighted by molar-refractivity contribution is 0.0692. The zero-order valence-corrected chi connectivity index (χ0v) is 14.5. The van der Waals surface area contributed by atoms with Gasteiger partial charge in [-0.2, -0.15) is 0 Å². The maximum atomic E-state index is 11.6. The van der Waals surface area contributed by atoms with Gasteiger partial charge in [0.05, 0.1) is 5.69 Å². The van der Waals surface area contributed by atoms with E-state index in [1.807, 2.05) is 30.3 Å². The van der Waals surface area contributed by atoms with E-state index in [1.54, 1.807) is 19.1 Å². The average Bonchev–Trinajstić information content (AvgIpc) is 2.94. The van der Waals surface area contributed by atoms with Crippen molar-refractivity contribution in [2.75, 3.05) is 6.61 Å². The second kappa shape index (κ2) is 8.00. The van der Waals surface area contributed by atoms with Gasteiger partial charge < -0.3 is 20.1 Å². The molecule has 3 rings (SSSR count). The number of benzene rings is 2. The molecule has 0 saturated carbocycles. The number of ether oxygens (including phenoxy) is 1. The first-order valence-electron chi connectivity index (χ1n) is 7.61. The first-order valence-corrected chi connectivity index (χ1v) is 7.61. The van der Waals surface area contributed by atoms with Crippen LogP contribution in [0, 0.1) is 6.92 Å². The molecule has 0 spiro atoms. The Balaban J connectivity index is 0.00000225. The summed E-state index contributed by atoms with van der Waals surface area (Å²) in [4.78, 5) is 11.6. The Morgan fingerprint density at radius 1 is 1.28 bits per heavy atom. The van der Waals surface area contributed by atoms with Gasteiger partial charge in [-0.15, -0.1) is 12.4 Å². The van der Waals surface area contributed by atoms with Crippen LogP contribution < -0.4 is 10.5 Å². The summed E-state index contributed by atoms with van der Waals surface area (Å²) >= 11 is 0. The van der Waals surface area contributed by atoms with Gasteiger partial charge in [-0.05, 0) is 31.0 Å². The summed E-state index contributed by atoms with van der Waals surface area (Å²) in [5.41, 5.74) is 8.02. The fourth-order valence-corrected chi connectivity index (χ4v) is 2.60. The van der Waals surface area contributed by atoms with Crippen molar-refractivity contribution in [3.05, 3.63) is 59.3 Å². The summed E-state index contributed by atoms with van der Waals surface area (Å²) < 4.78 is 10.8. The van der Waals surface area contributed by atoms with Crippen LogP contribution in [0.15, 0.2) is 47.0 Å². The van der Waals surface area contributed by atoms with Gasteiger partial charge >= 0.3 is 5.97 Å². The predicted molar refractivity (Wildman–Crippen MR) is 96.6 cm³/mol. The van der Waals surface area contributed by atoms with Crippen molar-refractivity contribution in [1.82, 2.24) is 5.16 Å². The minimum atomic E-state index is -1.12. The number of hydrogen-bond acceptors (Lipinski definition) is 5. The molecule has 132 valence electrons. The molecule has 1 atom stereocenters. The summed E-state index contributed by atoms with van der Waals surface area (Å²) in [7, 11) is 0. The van der Waals surface area contributed by atoms with Gasteiger partial charge in [0.15, 0.2) is 5.58 Å². The van der Waals surface area contributed by atoms with Crippen LogP contribution in [0.3, 0.4) is 0 Å². The number of nitrogens with two attached hydrogens (primary N) is 1. The van der Waals surface area contributed by atoms with Gasteiger partial charge in [-0.25, -0.2) is 4.79 Å². The highest BCUT2D eigenvalue weighted by molar-refractivity contribution is 6.04. The third-order valence-electron chi connectivity index (χ3n) is 3.79. The molecule has 0 aliphatic carbocycles. The molecule has 0 amide bonds. The van der Waals surface area contributed by atoms with Crippen molar-refractivity contribution in [3.63, 3.8) is 0 Å². The Morgan fingerprint density at radius 2 is 2.00 bits per heavy atom. The van der Waals surface area contributed by atoms with Crippen molar-refractivity contribution < 1.29 is 19.2 Å². The Labute approximate surface area is 151 Å². The van der Waals surface area contributed by atoms with E-state index in [1.165, 1.54) is 0 Å². The van der Waals surface area contributed by atoms with Crippen LogP contribution in [0.2, 0.25) is 0 Å². The highest BCUT2D eigenvalue weighted by atomic mass is 35.5. The van der Waals surface area contributed by atoms with E-state index in [9.17, 15) is 9.90 Å². The van der Waals surface area contributed by atoms with Crippen molar-refractivity contribution >= 4 is 29.3 Å². The van der Waals surface area contributed by atoms with Crippen LogP contribution in [0.4, 0.5) is 0 Å². The number of carboxylic acids is 1. The van der Waals surface area contributed by atoms with Gasteiger partial charge in [-0.1, -0.05) is 35.5 Å². The molecule has 0 fully saturated rings. The van der Waals surface area contributed by atoms with E-state index >= 15 is 0 Å². The molecular weight excluding hydrogens is 344 g/mol. The van der Waals surface area contributed by atoms with Gasteiger partial charge in [0.1, 0.15) is 17.9 Å². The maximum Gasteiger partial charge on any atom is 0.343 e. The lowest BCUT2D eigenvalue weighted by atomic mass is 10.1. The van der Waals surface area contributed by atoms with E-state index in [0.29, 0.717) is 17.5 Å². The fraction of sp³-hybridized carbons (Fsp3) is 0.222. The van der Waals surface area contributed by atoms with Crippen LogP contribution in [-0.2, 0) is 6.42 Å². The van der Waals surface area contributed by atoms with Crippen molar-refractivity contribution in [1.29, 1.82) is 0 Å². The third kappa shape index (κ3) is 4.10. The van der Waals surface area contributed by atoms with E-state index in [4.69, 9.17) is 15.0 Å². The molecule has 2 aromatic carbocycles. The summed E-state index contributed by atoms with van der Waals surface area (Å²) in [6.07, 6.45) is 0.646. The molecule has 1 unspecified atom stereocenters. The van der Waals surface area contributed by atoms with E-state index in [-0.39, 0.29) is 42.0 Å². The molecule has 0 saturated heterocycles. The summed E-state index contributed by atoms with van der Waals surface area (Å²) in [5.74, 6) is -0.891. The predicted octanol–water partition coefficient (Wildman–Crippen LogP) is 3.21. The number of aromatic nitrogens is 1. The molecule has 0 bridgehead atoms. The Hall–Kier alpha value is -2.57. The largest absolute Gasteiger partial charge is 0.491 e. The number of nitrogens with zero attached hydrogens (tertiary/aromatic N) is 1. The molecule has 1 aromatic heterocycles. The minimum Gasteiger partial charge on any atom is -0.491 e. The Morgan fingerprint density at radius 3 is 2.68 bits per heavy atom. The van der Waals surface area contributed by atoms with Crippen molar-refractivity contribution in [2.24, 2.45) is 5.73 Å². The number of carbonyl (C=O) groups is 1. The SMILES string of the molecule is Cc1noc2c(C(=O)O)c(OCC(N)Cc3ccccc3)ccc12.Cl. The van der Waals surface area contributed by atoms with Crippen LogP contribution in [-0.4, -0.2) is 28.9 Å². The van der Waals surface area contributed by atoms with E-state index in [0.717, 1.165) is 5.56 Å². The van der Waals surface area contributed by atoms with Gasteiger partial charge in [0.25, 0.3) is 0 Å². The van der Waals surface area contributed by atoms with Crippen LogP contribution in [0.5, 0.6) is 5.75 Å². The normalized spacial score (nSPS) is 11.8. The average molecular weight is 363 g/mol.